The summed E-state index contributed by atoms with van der Waals surface area (Å²) >= 11 is 3.32. The molecule has 4 rings (SSSR count). The van der Waals surface area contributed by atoms with Crippen LogP contribution in [0.3, 0.4) is 0 Å². The molecule has 7 heteroatoms. The maximum atomic E-state index is 12.9. The summed E-state index contributed by atoms with van der Waals surface area (Å²) in [5.41, 5.74) is 2.42. The average Bonchev–Trinajstić information content (AvgIpc) is 2.78. The molecule has 0 bridgehead atoms. The molecule has 0 radical (unpaired) electrons. The Labute approximate surface area is 186 Å². The lowest BCUT2D eigenvalue weighted by atomic mass is 9.98. The fourth-order valence-corrected chi connectivity index (χ4v) is 3.47. The highest BCUT2D eigenvalue weighted by atomic mass is 79.9. The molecule has 0 amide bonds. The van der Waals surface area contributed by atoms with E-state index in [1.807, 2.05) is 19.1 Å². The van der Waals surface area contributed by atoms with Gasteiger partial charge in [-0.1, -0.05) is 48.0 Å². The standard InChI is InChI=1S/C24H17BrN2O4/c1-15-6-8-16(9-7-15)23(29)19-4-2-3-5-20(19)24(30)31-14-18-12-22(28)27-13-17(25)10-11-21(27)26-18/h2-13H,14H2,1H3. The summed E-state index contributed by atoms with van der Waals surface area (Å²) in [5, 5.41) is 0. The van der Waals surface area contributed by atoms with Gasteiger partial charge in [-0.15, -0.1) is 0 Å². The molecule has 2 aromatic heterocycles. The van der Waals surface area contributed by atoms with Crippen molar-refractivity contribution in [3.05, 3.63) is 116 Å². The van der Waals surface area contributed by atoms with Gasteiger partial charge in [0, 0.05) is 27.9 Å². The zero-order valence-corrected chi connectivity index (χ0v) is 18.1. The van der Waals surface area contributed by atoms with Gasteiger partial charge in [-0.25, -0.2) is 9.78 Å². The number of benzene rings is 2. The number of rotatable bonds is 5. The van der Waals surface area contributed by atoms with Crippen LogP contribution in [0.25, 0.3) is 5.65 Å². The van der Waals surface area contributed by atoms with Gasteiger partial charge in [0.2, 0.25) is 0 Å². The van der Waals surface area contributed by atoms with E-state index in [2.05, 4.69) is 20.9 Å². The number of aryl methyl sites for hydroxylation is 1. The molecular weight excluding hydrogens is 460 g/mol. The molecule has 4 aromatic rings. The van der Waals surface area contributed by atoms with Crippen LogP contribution in [0.4, 0.5) is 0 Å². The van der Waals surface area contributed by atoms with Gasteiger partial charge in [-0.3, -0.25) is 14.0 Å². The van der Waals surface area contributed by atoms with Crippen LogP contribution in [0.5, 0.6) is 0 Å². The molecule has 0 aliphatic heterocycles. The average molecular weight is 477 g/mol. The summed E-state index contributed by atoms with van der Waals surface area (Å²) < 4.78 is 7.52. The van der Waals surface area contributed by atoms with Crippen molar-refractivity contribution in [1.29, 1.82) is 0 Å². The SMILES string of the molecule is Cc1ccc(C(=O)c2ccccc2C(=O)OCc2cc(=O)n3cc(Br)ccc3n2)cc1. The number of hydrogen-bond acceptors (Lipinski definition) is 5. The second-order valence-electron chi connectivity index (χ2n) is 6.98. The van der Waals surface area contributed by atoms with Crippen LogP contribution in [0.1, 0.15) is 37.5 Å². The van der Waals surface area contributed by atoms with E-state index >= 15 is 0 Å². The number of hydrogen-bond donors (Lipinski definition) is 0. The first-order chi connectivity index (χ1) is 14.9. The van der Waals surface area contributed by atoms with Gasteiger partial charge in [-0.2, -0.15) is 0 Å². The van der Waals surface area contributed by atoms with Crippen molar-refractivity contribution >= 4 is 33.3 Å². The van der Waals surface area contributed by atoms with Crippen LogP contribution >= 0.6 is 15.9 Å². The highest BCUT2D eigenvalue weighted by Crippen LogP contribution is 2.17. The Kier molecular flexibility index (Phi) is 5.77. The van der Waals surface area contributed by atoms with Crippen molar-refractivity contribution in [2.45, 2.75) is 13.5 Å². The van der Waals surface area contributed by atoms with Gasteiger partial charge in [-0.05, 0) is 41.1 Å². The molecule has 0 atom stereocenters. The van der Waals surface area contributed by atoms with Gasteiger partial charge in [0.05, 0.1) is 11.3 Å². The number of aromatic nitrogens is 2. The second kappa shape index (κ2) is 8.65. The Balaban J connectivity index is 1.57. The van der Waals surface area contributed by atoms with Crippen LogP contribution in [0, 0.1) is 6.92 Å². The molecule has 0 fully saturated rings. The minimum atomic E-state index is -0.658. The normalized spacial score (nSPS) is 10.8. The molecule has 6 nitrogen and oxygen atoms in total. The maximum absolute atomic E-state index is 12.9. The number of halogens is 1. The molecule has 0 aliphatic rings. The summed E-state index contributed by atoms with van der Waals surface area (Å²) in [6.45, 7) is 1.75. The quantitative estimate of drug-likeness (QED) is 0.316. The number of nitrogens with zero attached hydrogens (tertiary/aromatic N) is 2. The first-order valence-electron chi connectivity index (χ1n) is 9.48. The first kappa shape index (κ1) is 20.7. The van der Waals surface area contributed by atoms with Crippen molar-refractivity contribution < 1.29 is 14.3 Å². The van der Waals surface area contributed by atoms with Crippen LogP contribution in [0.15, 0.2) is 82.2 Å². The summed E-state index contributed by atoms with van der Waals surface area (Å²) in [5.74, 6) is -0.922. The molecule has 2 aromatic carbocycles. The zero-order valence-electron chi connectivity index (χ0n) is 16.5. The molecule has 0 unspecified atom stereocenters. The number of ketones is 1. The Morgan fingerprint density at radius 2 is 1.71 bits per heavy atom. The Morgan fingerprint density at radius 1 is 1.00 bits per heavy atom. The molecular formula is C24H17BrN2O4. The van der Waals surface area contributed by atoms with Gasteiger partial charge < -0.3 is 4.74 Å². The summed E-state index contributed by atoms with van der Waals surface area (Å²) in [6, 6.07) is 18.4. The first-order valence-corrected chi connectivity index (χ1v) is 10.3. The van der Waals surface area contributed by atoms with Crippen molar-refractivity contribution in [2.75, 3.05) is 0 Å². The lowest BCUT2D eigenvalue weighted by Crippen LogP contribution is -2.17. The summed E-state index contributed by atoms with van der Waals surface area (Å²) in [6.07, 6.45) is 1.62. The number of carbonyl (C=O) groups excluding carboxylic acids is 2. The highest BCUT2D eigenvalue weighted by Gasteiger charge is 2.19. The van der Waals surface area contributed by atoms with Crippen molar-refractivity contribution in [1.82, 2.24) is 9.38 Å². The fourth-order valence-electron chi connectivity index (χ4n) is 3.14. The van der Waals surface area contributed by atoms with E-state index in [4.69, 9.17) is 4.74 Å². The van der Waals surface area contributed by atoms with Gasteiger partial charge in [0.25, 0.3) is 5.56 Å². The van der Waals surface area contributed by atoms with Gasteiger partial charge in [0.1, 0.15) is 12.3 Å². The van der Waals surface area contributed by atoms with E-state index in [1.54, 1.807) is 54.7 Å². The maximum Gasteiger partial charge on any atom is 0.339 e. The summed E-state index contributed by atoms with van der Waals surface area (Å²) in [7, 11) is 0. The lowest BCUT2D eigenvalue weighted by Gasteiger charge is -2.10. The highest BCUT2D eigenvalue weighted by molar-refractivity contribution is 9.10. The molecule has 154 valence electrons. The minimum absolute atomic E-state index is 0.162. The molecule has 0 aliphatic carbocycles. The topological polar surface area (TPSA) is 77.7 Å². The van der Waals surface area contributed by atoms with Crippen LogP contribution < -0.4 is 5.56 Å². The molecule has 0 N–H and O–H groups in total. The van der Waals surface area contributed by atoms with E-state index in [0.717, 1.165) is 10.0 Å². The predicted molar refractivity (Wildman–Crippen MR) is 119 cm³/mol. The van der Waals surface area contributed by atoms with Gasteiger partial charge in [0.15, 0.2) is 5.78 Å². The third kappa shape index (κ3) is 4.46. The smallest absolute Gasteiger partial charge is 0.339 e. The third-order valence-corrected chi connectivity index (χ3v) is 5.20. The van der Waals surface area contributed by atoms with E-state index in [9.17, 15) is 14.4 Å². The van der Waals surface area contributed by atoms with Crippen LogP contribution in [0.2, 0.25) is 0 Å². The molecule has 2 heterocycles. The minimum Gasteiger partial charge on any atom is -0.456 e. The van der Waals surface area contributed by atoms with Crippen molar-refractivity contribution in [3.63, 3.8) is 0 Å². The largest absolute Gasteiger partial charge is 0.456 e. The van der Waals surface area contributed by atoms with Crippen LogP contribution in [-0.2, 0) is 11.3 Å². The van der Waals surface area contributed by atoms with Crippen LogP contribution in [-0.4, -0.2) is 21.1 Å². The second-order valence-corrected chi connectivity index (χ2v) is 7.89. The number of ether oxygens (including phenoxy) is 1. The molecule has 0 saturated heterocycles. The van der Waals surface area contributed by atoms with Gasteiger partial charge >= 0.3 is 5.97 Å². The Hall–Kier alpha value is -3.58. The number of carbonyl (C=O) groups is 2. The van der Waals surface area contributed by atoms with E-state index in [-0.39, 0.29) is 29.1 Å². The molecule has 0 spiro atoms. The lowest BCUT2D eigenvalue weighted by molar-refractivity contribution is 0.0465. The Morgan fingerprint density at radius 3 is 2.45 bits per heavy atom. The van der Waals surface area contributed by atoms with E-state index < -0.39 is 5.97 Å². The van der Waals surface area contributed by atoms with E-state index in [1.165, 1.54) is 10.5 Å². The number of esters is 1. The van der Waals surface area contributed by atoms with Crippen molar-refractivity contribution in [3.8, 4) is 0 Å². The van der Waals surface area contributed by atoms with Crippen molar-refractivity contribution in [2.24, 2.45) is 0 Å². The third-order valence-electron chi connectivity index (χ3n) is 4.73. The number of fused-ring (bicyclic) bond motifs is 1. The molecule has 0 saturated carbocycles. The van der Waals surface area contributed by atoms with E-state index in [0.29, 0.717) is 16.9 Å². The molecule has 31 heavy (non-hydrogen) atoms. The predicted octanol–water partition coefficient (Wildman–Crippen LogP) is 4.35. The Bertz CT molecular complexity index is 1360. The number of pyridine rings is 1. The monoisotopic (exact) mass is 476 g/mol. The zero-order chi connectivity index (χ0) is 22.0. The fraction of sp³-hybridized carbons (Fsp3) is 0.0833. The summed E-state index contributed by atoms with van der Waals surface area (Å²) in [4.78, 5) is 42.3.